The van der Waals surface area contributed by atoms with Crippen LogP contribution < -0.4 is 5.32 Å². The monoisotopic (exact) mass is 202 g/mol. The van der Waals surface area contributed by atoms with Gasteiger partial charge in [-0.1, -0.05) is 0 Å². The van der Waals surface area contributed by atoms with Gasteiger partial charge in [0.25, 0.3) is 0 Å². The Kier molecular flexibility index (Phi) is 4.31. The molecule has 0 aliphatic carbocycles. The molecule has 1 rings (SSSR count). The van der Waals surface area contributed by atoms with Gasteiger partial charge in [-0.2, -0.15) is 0 Å². The summed E-state index contributed by atoms with van der Waals surface area (Å²) in [6.07, 6.45) is -0.261. The zero-order valence-corrected chi connectivity index (χ0v) is 8.95. The fourth-order valence-electron chi connectivity index (χ4n) is 1.52. The number of hydrogen-bond acceptors (Lipinski definition) is 4. The first-order valence-electron chi connectivity index (χ1n) is 4.76. The van der Waals surface area contributed by atoms with Crippen LogP contribution in [0.25, 0.3) is 0 Å². The van der Waals surface area contributed by atoms with Crippen molar-refractivity contribution in [3.8, 4) is 0 Å². The average Bonchev–Trinajstić information content (AvgIpc) is 2.20. The summed E-state index contributed by atoms with van der Waals surface area (Å²) in [6.45, 7) is 4.05. The van der Waals surface area contributed by atoms with E-state index < -0.39 is 0 Å². The first-order chi connectivity index (χ1) is 6.69. The maximum Gasteiger partial charge on any atom is 0.237 e. The molecule has 0 aromatic heterocycles. The smallest absolute Gasteiger partial charge is 0.237 e. The molecule has 5 heteroatoms. The number of hydrogen-bond donors (Lipinski definition) is 1. The fourth-order valence-corrected chi connectivity index (χ4v) is 1.52. The summed E-state index contributed by atoms with van der Waals surface area (Å²) in [4.78, 5) is 13.4. The number of carbonyl (C=O) groups is 1. The molecule has 0 bridgehead atoms. The molecule has 1 heterocycles. The van der Waals surface area contributed by atoms with Crippen LogP contribution in [-0.4, -0.2) is 57.0 Å². The van der Waals surface area contributed by atoms with E-state index in [2.05, 4.69) is 10.2 Å². The Morgan fingerprint density at radius 2 is 2.21 bits per heavy atom. The zero-order chi connectivity index (χ0) is 10.6. The van der Waals surface area contributed by atoms with Gasteiger partial charge < -0.3 is 14.8 Å². The summed E-state index contributed by atoms with van der Waals surface area (Å²) >= 11 is 0. The highest BCUT2D eigenvalue weighted by atomic mass is 16.7. The number of carbonyl (C=O) groups excluding carboxylic acids is 1. The molecule has 1 amide bonds. The van der Waals surface area contributed by atoms with Gasteiger partial charge in [-0.15, -0.1) is 0 Å². The Balaban J connectivity index is 2.45. The zero-order valence-electron chi connectivity index (χ0n) is 8.95. The molecule has 1 unspecified atom stereocenters. The fraction of sp³-hybridized carbons (Fsp3) is 0.889. The third-order valence-corrected chi connectivity index (χ3v) is 2.53. The average molecular weight is 202 g/mol. The number of ether oxygens (including phenoxy) is 2. The molecule has 0 spiro atoms. The second kappa shape index (κ2) is 5.29. The van der Waals surface area contributed by atoms with E-state index in [0.717, 1.165) is 6.54 Å². The molecule has 0 radical (unpaired) electrons. The topological polar surface area (TPSA) is 50.8 Å². The van der Waals surface area contributed by atoms with Crippen LogP contribution in [0.2, 0.25) is 0 Å². The highest BCUT2D eigenvalue weighted by Crippen LogP contribution is 2.06. The predicted molar refractivity (Wildman–Crippen MR) is 51.9 cm³/mol. The number of piperazine rings is 1. The van der Waals surface area contributed by atoms with Crippen LogP contribution in [0.4, 0.5) is 0 Å². The van der Waals surface area contributed by atoms with Crippen molar-refractivity contribution >= 4 is 5.91 Å². The summed E-state index contributed by atoms with van der Waals surface area (Å²) in [5.41, 5.74) is 0. The van der Waals surface area contributed by atoms with Crippen LogP contribution in [0, 0.1) is 0 Å². The summed E-state index contributed by atoms with van der Waals surface area (Å²) in [7, 11) is 3.20. The van der Waals surface area contributed by atoms with Crippen LogP contribution >= 0.6 is 0 Å². The molecular formula is C9H18N2O3. The van der Waals surface area contributed by atoms with Gasteiger partial charge in [-0.25, -0.2) is 0 Å². The van der Waals surface area contributed by atoms with Gasteiger partial charge in [0, 0.05) is 27.3 Å². The number of rotatable bonds is 4. The van der Waals surface area contributed by atoms with Crippen LogP contribution in [0.1, 0.15) is 6.92 Å². The molecule has 1 aliphatic rings. The molecule has 82 valence electrons. The SMILES string of the molecule is COC(CN1CCNC(=O)C1C)OC. The van der Waals surface area contributed by atoms with E-state index in [1.54, 1.807) is 14.2 Å². The minimum Gasteiger partial charge on any atom is -0.355 e. The van der Waals surface area contributed by atoms with Gasteiger partial charge in [0.15, 0.2) is 6.29 Å². The molecule has 14 heavy (non-hydrogen) atoms. The lowest BCUT2D eigenvalue weighted by atomic mass is 10.2. The molecule has 1 N–H and O–H groups in total. The van der Waals surface area contributed by atoms with E-state index in [4.69, 9.17) is 9.47 Å². The van der Waals surface area contributed by atoms with Gasteiger partial charge in [0.05, 0.1) is 12.6 Å². The lowest BCUT2D eigenvalue weighted by Gasteiger charge is -2.34. The first-order valence-corrected chi connectivity index (χ1v) is 4.76. The van der Waals surface area contributed by atoms with Crippen LogP contribution in [0.15, 0.2) is 0 Å². The van der Waals surface area contributed by atoms with Gasteiger partial charge in [0.1, 0.15) is 0 Å². The predicted octanol–water partition coefficient (Wildman–Crippen LogP) is -0.574. The molecule has 1 aliphatic heterocycles. The molecule has 5 nitrogen and oxygen atoms in total. The van der Waals surface area contributed by atoms with Crippen molar-refractivity contribution < 1.29 is 14.3 Å². The van der Waals surface area contributed by atoms with E-state index in [9.17, 15) is 4.79 Å². The minimum absolute atomic E-state index is 0.0715. The summed E-state index contributed by atoms with van der Waals surface area (Å²) in [5.74, 6) is 0.0715. The molecule has 1 fully saturated rings. The number of methoxy groups -OCH3 is 2. The lowest BCUT2D eigenvalue weighted by Crippen LogP contribution is -2.55. The summed E-state index contributed by atoms with van der Waals surface area (Å²) < 4.78 is 10.2. The Morgan fingerprint density at radius 1 is 1.57 bits per heavy atom. The van der Waals surface area contributed by atoms with E-state index in [1.165, 1.54) is 0 Å². The first kappa shape index (κ1) is 11.4. The van der Waals surface area contributed by atoms with Crippen molar-refractivity contribution in [2.45, 2.75) is 19.3 Å². The summed E-state index contributed by atoms with van der Waals surface area (Å²) in [5, 5.41) is 2.81. The van der Waals surface area contributed by atoms with E-state index >= 15 is 0 Å². The van der Waals surface area contributed by atoms with Gasteiger partial charge in [-0.05, 0) is 6.92 Å². The molecule has 0 aromatic rings. The largest absolute Gasteiger partial charge is 0.355 e. The van der Waals surface area contributed by atoms with E-state index in [-0.39, 0.29) is 18.2 Å². The highest BCUT2D eigenvalue weighted by molar-refractivity contribution is 5.81. The van der Waals surface area contributed by atoms with Gasteiger partial charge in [0.2, 0.25) is 5.91 Å². The van der Waals surface area contributed by atoms with Crippen LogP contribution in [0.5, 0.6) is 0 Å². The number of nitrogens with one attached hydrogen (secondary N) is 1. The Hall–Kier alpha value is -0.650. The van der Waals surface area contributed by atoms with Crippen molar-refractivity contribution in [3.63, 3.8) is 0 Å². The Bertz CT molecular complexity index is 194. The van der Waals surface area contributed by atoms with Gasteiger partial charge in [-0.3, -0.25) is 9.69 Å². The van der Waals surface area contributed by atoms with Crippen molar-refractivity contribution in [2.24, 2.45) is 0 Å². The van der Waals surface area contributed by atoms with Crippen molar-refractivity contribution in [1.29, 1.82) is 0 Å². The van der Waals surface area contributed by atoms with E-state index in [0.29, 0.717) is 13.1 Å². The standard InChI is InChI=1S/C9H18N2O3/c1-7-9(12)10-4-5-11(7)6-8(13-2)14-3/h7-8H,4-6H2,1-3H3,(H,10,12). The Labute approximate surface area is 84.4 Å². The number of amides is 1. The molecule has 1 atom stereocenters. The van der Waals surface area contributed by atoms with Crippen molar-refractivity contribution in [1.82, 2.24) is 10.2 Å². The lowest BCUT2D eigenvalue weighted by molar-refractivity contribution is -0.139. The normalized spacial score (nSPS) is 24.0. The van der Waals surface area contributed by atoms with E-state index in [1.807, 2.05) is 6.92 Å². The molecule has 0 aromatic carbocycles. The highest BCUT2D eigenvalue weighted by Gasteiger charge is 2.27. The Morgan fingerprint density at radius 3 is 2.79 bits per heavy atom. The number of nitrogens with zero attached hydrogens (tertiary/aromatic N) is 1. The molecule has 0 saturated carbocycles. The molecular weight excluding hydrogens is 184 g/mol. The maximum atomic E-state index is 11.3. The van der Waals surface area contributed by atoms with Crippen LogP contribution in [-0.2, 0) is 14.3 Å². The summed E-state index contributed by atoms with van der Waals surface area (Å²) in [6, 6.07) is -0.100. The molecule has 1 saturated heterocycles. The minimum atomic E-state index is -0.261. The van der Waals surface area contributed by atoms with Gasteiger partial charge >= 0.3 is 0 Å². The quantitative estimate of drug-likeness (QED) is 0.620. The van der Waals surface area contributed by atoms with Crippen molar-refractivity contribution in [2.75, 3.05) is 33.9 Å². The van der Waals surface area contributed by atoms with Crippen LogP contribution in [0.3, 0.4) is 0 Å². The third kappa shape index (κ3) is 2.67. The third-order valence-electron chi connectivity index (χ3n) is 2.53. The second-order valence-corrected chi connectivity index (χ2v) is 3.36. The maximum absolute atomic E-state index is 11.3. The second-order valence-electron chi connectivity index (χ2n) is 3.36. The van der Waals surface area contributed by atoms with Crippen molar-refractivity contribution in [3.05, 3.63) is 0 Å².